The Balaban J connectivity index is 1.22. The zero-order valence-corrected chi connectivity index (χ0v) is 19.1. The van der Waals surface area contributed by atoms with Gasteiger partial charge >= 0.3 is 0 Å². The van der Waals surface area contributed by atoms with Crippen molar-refractivity contribution in [3.05, 3.63) is 85.5 Å². The quantitative estimate of drug-likeness (QED) is 0.358. The highest BCUT2D eigenvalue weighted by Crippen LogP contribution is 2.25. The van der Waals surface area contributed by atoms with Crippen LogP contribution in [0.4, 0.5) is 17.5 Å². The number of nitrogens with zero attached hydrogens (tertiary/aromatic N) is 5. The third-order valence-electron chi connectivity index (χ3n) is 6.12. The third-order valence-corrected chi connectivity index (χ3v) is 6.12. The van der Waals surface area contributed by atoms with Crippen LogP contribution < -0.4 is 10.6 Å². The third kappa shape index (κ3) is 4.69. The Morgan fingerprint density at radius 1 is 0.829 bits per heavy atom. The molecule has 0 spiro atoms. The number of anilines is 3. The van der Waals surface area contributed by atoms with E-state index in [1.165, 1.54) is 0 Å². The van der Waals surface area contributed by atoms with E-state index in [-0.39, 0.29) is 0 Å². The summed E-state index contributed by atoms with van der Waals surface area (Å²) in [5.74, 6) is 1.36. The molecule has 5 aromatic rings. The number of aromatic nitrogens is 5. The lowest BCUT2D eigenvalue weighted by Gasteiger charge is -2.23. The SMILES string of the molecule is c1ccc(-c2ccc3ncc(-c4ccnc(Nc5ccc(NC6CCOCC6)nc5)n4)n3c2)cc1. The van der Waals surface area contributed by atoms with Crippen molar-refractivity contribution in [2.75, 3.05) is 23.8 Å². The summed E-state index contributed by atoms with van der Waals surface area (Å²) in [6.45, 7) is 1.59. The van der Waals surface area contributed by atoms with Crippen LogP contribution >= 0.6 is 0 Å². The molecular formula is C27H25N7O. The van der Waals surface area contributed by atoms with Crippen molar-refractivity contribution >= 4 is 23.1 Å². The number of ether oxygens (including phenoxy) is 1. The average molecular weight is 464 g/mol. The highest BCUT2D eigenvalue weighted by Gasteiger charge is 2.14. The lowest BCUT2D eigenvalue weighted by atomic mass is 10.1. The summed E-state index contributed by atoms with van der Waals surface area (Å²) in [4.78, 5) is 18.2. The summed E-state index contributed by atoms with van der Waals surface area (Å²) in [5.41, 5.74) is 5.64. The molecule has 1 aliphatic heterocycles. The first-order chi connectivity index (χ1) is 17.3. The normalized spacial score (nSPS) is 14.2. The van der Waals surface area contributed by atoms with Gasteiger partial charge in [0.05, 0.1) is 29.5 Å². The van der Waals surface area contributed by atoms with Crippen molar-refractivity contribution in [3.8, 4) is 22.5 Å². The van der Waals surface area contributed by atoms with Crippen LogP contribution in [0.15, 0.2) is 85.5 Å². The molecule has 5 heterocycles. The molecular weight excluding hydrogens is 438 g/mol. The lowest BCUT2D eigenvalue weighted by Crippen LogP contribution is -2.28. The molecule has 0 atom stereocenters. The van der Waals surface area contributed by atoms with Crippen LogP contribution in [0.5, 0.6) is 0 Å². The first-order valence-corrected chi connectivity index (χ1v) is 11.8. The largest absolute Gasteiger partial charge is 0.381 e. The summed E-state index contributed by atoms with van der Waals surface area (Å²) in [6, 6.07) is 20.7. The van der Waals surface area contributed by atoms with Gasteiger partial charge < -0.3 is 15.4 Å². The standard InChI is InChI=1S/C27H25N7O/c1-2-4-19(5-3-1)20-6-9-26-30-17-24(34(26)18-20)23-10-13-28-27(33-23)32-22-7-8-25(29-16-22)31-21-11-14-35-15-12-21/h1-10,13,16-18,21H,11-12,14-15H2,(H,29,31)(H,28,32,33). The predicted molar refractivity (Wildman–Crippen MR) is 137 cm³/mol. The van der Waals surface area contributed by atoms with Gasteiger partial charge in [0, 0.05) is 31.6 Å². The van der Waals surface area contributed by atoms with E-state index in [0.717, 1.165) is 65.7 Å². The molecule has 0 amide bonds. The second-order valence-electron chi connectivity index (χ2n) is 8.51. The van der Waals surface area contributed by atoms with Crippen LogP contribution in [0.25, 0.3) is 28.2 Å². The molecule has 6 rings (SSSR count). The van der Waals surface area contributed by atoms with Gasteiger partial charge in [-0.15, -0.1) is 0 Å². The van der Waals surface area contributed by atoms with E-state index in [1.807, 2.05) is 48.7 Å². The maximum Gasteiger partial charge on any atom is 0.227 e. The van der Waals surface area contributed by atoms with Gasteiger partial charge in [0.2, 0.25) is 5.95 Å². The molecule has 0 bridgehead atoms. The number of fused-ring (bicyclic) bond motifs is 1. The number of pyridine rings is 2. The second-order valence-corrected chi connectivity index (χ2v) is 8.51. The highest BCUT2D eigenvalue weighted by atomic mass is 16.5. The fraction of sp³-hybridized carbons (Fsp3) is 0.185. The zero-order chi connectivity index (χ0) is 23.5. The van der Waals surface area contributed by atoms with Crippen LogP contribution in [0.1, 0.15) is 12.8 Å². The van der Waals surface area contributed by atoms with Gasteiger partial charge in [-0.1, -0.05) is 30.3 Å². The minimum absolute atomic E-state index is 0.406. The first kappa shape index (κ1) is 21.2. The molecule has 4 aromatic heterocycles. The Bertz CT molecular complexity index is 1430. The van der Waals surface area contributed by atoms with Crippen molar-refractivity contribution in [1.29, 1.82) is 0 Å². The summed E-state index contributed by atoms with van der Waals surface area (Å²) in [6.07, 6.45) is 9.47. The average Bonchev–Trinajstić information content (AvgIpc) is 3.35. The number of hydrogen-bond acceptors (Lipinski definition) is 7. The maximum atomic E-state index is 5.42. The topological polar surface area (TPSA) is 89.3 Å². The van der Waals surface area contributed by atoms with Crippen molar-refractivity contribution in [2.45, 2.75) is 18.9 Å². The molecule has 35 heavy (non-hydrogen) atoms. The van der Waals surface area contributed by atoms with E-state index in [9.17, 15) is 0 Å². The Kier molecular flexibility index (Phi) is 5.78. The molecule has 1 saturated heterocycles. The first-order valence-electron chi connectivity index (χ1n) is 11.8. The number of rotatable bonds is 6. The summed E-state index contributed by atoms with van der Waals surface area (Å²) >= 11 is 0. The van der Waals surface area contributed by atoms with Gasteiger partial charge in [-0.05, 0) is 54.3 Å². The maximum absolute atomic E-state index is 5.42. The van der Waals surface area contributed by atoms with Crippen molar-refractivity contribution < 1.29 is 4.74 Å². The minimum Gasteiger partial charge on any atom is -0.381 e. The Morgan fingerprint density at radius 3 is 2.54 bits per heavy atom. The molecule has 174 valence electrons. The fourth-order valence-corrected chi connectivity index (χ4v) is 4.27. The Hall–Kier alpha value is -4.30. The fourth-order valence-electron chi connectivity index (χ4n) is 4.27. The van der Waals surface area contributed by atoms with E-state index in [2.05, 4.69) is 54.4 Å². The zero-order valence-electron chi connectivity index (χ0n) is 19.1. The van der Waals surface area contributed by atoms with Crippen LogP contribution in [0.2, 0.25) is 0 Å². The molecule has 0 saturated carbocycles. The molecule has 1 aliphatic rings. The molecule has 8 heteroatoms. The molecule has 0 radical (unpaired) electrons. The van der Waals surface area contributed by atoms with Gasteiger partial charge in [0.1, 0.15) is 11.5 Å². The van der Waals surface area contributed by atoms with Gasteiger partial charge in [-0.2, -0.15) is 0 Å². The van der Waals surface area contributed by atoms with E-state index in [4.69, 9.17) is 9.72 Å². The van der Waals surface area contributed by atoms with Gasteiger partial charge in [0.25, 0.3) is 0 Å². The van der Waals surface area contributed by atoms with E-state index in [1.54, 1.807) is 12.4 Å². The molecule has 1 fully saturated rings. The van der Waals surface area contributed by atoms with Gasteiger partial charge in [-0.25, -0.2) is 19.9 Å². The van der Waals surface area contributed by atoms with Crippen molar-refractivity contribution in [1.82, 2.24) is 24.3 Å². The van der Waals surface area contributed by atoms with E-state index >= 15 is 0 Å². The van der Waals surface area contributed by atoms with Crippen LogP contribution in [0, 0.1) is 0 Å². The highest BCUT2D eigenvalue weighted by molar-refractivity contribution is 5.68. The molecule has 0 aliphatic carbocycles. The minimum atomic E-state index is 0.406. The van der Waals surface area contributed by atoms with Crippen LogP contribution in [-0.2, 0) is 4.74 Å². The summed E-state index contributed by atoms with van der Waals surface area (Å²) in [5, 5.41) is 6.73. The summed E-state index contributed by atoms with van der Waals surface area (Å²) in [7, 11) is 0. The second kappa shape index (κ2) is 9.52. The van der Waals surface area contributed by atoms with Gasteiger partial charge in [-0.3, -0.25) is 4.40 Å². The molecule has 8 nitrogen and oxygen atoms in total. The number of hydrogen-bond donors (Lipinski definition) is 2. The van der Waals surface area contributed by atoms with E-state index in [0.29, 0.717) is 12.0 Å². The Morgan fingerprint density at radius 2 is 1.71 bits per heavy atom. The van der Waals surface area contributed by atoms with Gasteiger partial charge in [0.15, 0.2) is 0 Å². The smallest absolute Gasteiger partial charge is 0.227 e. The summed E-state index contributed by atoms with van der Waals surface area (Å²) < 4.78 is 7.48. The number of benzene rings is 1. The number of imidazole rings is 1. The predicted octanol–water partition coefficient (Wildman–Crippen LogP) is 5.19. The monoisotopic (exact) mass is 463 g/mol. The van der Waals surface area contributed by atoms with E-state index < -0.39 is 0 Å². The molecule has 1 aromatic carbocycles. The lowest BCUT2D eigenvalue weighted by molar-refractivity contribution is 0.0904. The number of nitrogens with one attached hydrogen (secondary N) is 2. The Labute approximate surface area is 203 Å². The van der Waals surface area contributed by atoms with Crippen molar-refractivity contribution in [3.63, 3.8) is 0 Å². The molecule has 0 unspecified atom stereocenters. The van der Waals surface area contributed by atoms with Crippen LogP contribution in [-0.4, -0.2) is 43.6 Å². The molecule has 2 N–H and O–H groups in total. The van der Waals surface area contributed by atoms with Crippen molar-refractivity contribution in [2.24, 2.45) is 0 Å². The van der Waals surface area contributed by atoms with Crippen LogP contribution in [0.3, 0.4) is 0 Å².